The first-order chi connectivity index (χ1) is 11.4. The van der Waals surface area contributed by atoms with Crippen molar-refractivity contribution in [2.75, 3.05) is 6.61 Å². The fraction of sp³-hybridized carbons (Fsp3) is 0.333. The van der Waals surface area contributed by atoms with E-state index in [-0.39, 0.29) is 5.41 Å². The third kappa shape index (κ3) is 3.73. The number of rotatable bonds is 2. The number of allylic oxidation sites excluding steroid dienone is 5. The molecule has 0 spiro atoms. The molecule has 0 unspecified atom stereocenters. The van der Waals surface area contributed by atoms with Crippen molar-refractivity contribution in [1.82, 2.24) is 0 Å². The van der Waals surface area contributed by atoms with E-state index >= 15 is 0 Å². The first-order valence-corrected chi connectivity index (χ1v) is 8.36. The first-order valence-electron chi connectivity index (χ1n) is 8.36. The second-order valence-electron chi connectivity index (χ2n) is 7.27. The lowest BCUT2D eigenvalue weighted by atomic mass is 9.87. The van der Waals surface area contributed by atoms with E-state index in [1.54, 1.807) is 0 Å². The quantitative estimate of drug-likeness (QED) is 0.759. The van der Waals surface area contributed by atoms with E-state index in [0.717, 1.165) is 23.3 Å². The molecule has 0 amide bonds. The van der Waals surface area contributed by atoms with Crippen molar-refractivity contribution < 1.29 is 4.74 Å². The van der Waals surface area contributed by atoms with Crippen LogP contribution in [-0.2, 0) is 10.2 Å². The molecule has 0 N–H and O–H groups in total. The van der Waals surface area contributed by atoms with E-state index in [1.165, 1.54) is 11.1 Å². The topological polar surface area (TPSA) is 34.0 Å². The maximum atomic E-state index is 5.86. The Morgan fingerprint density at radius 1 is 1.04 bits per heavy atom. The molecular formula is C21H24N2O. The highest BCUT2D eigenvalue weighted by atomic mass is 16.5. The minimum absolute atomic E-state index is 0.143. The number of benzene rings is 1. The third-order valence-corrected chi connectivity index (χ3v) is 4.28. The number of hydrogen-bond acceptors (Lipinski definition) is 3. The molecule has 0 saturated heterocycles. The van der Waals surface area contributed by atoms with E-state index in [1.807, 2.05) is 0 Å². The standard InChI is InChI=1S/C21H24N2O/c1-15-6-5-7-16(9-8-15)19-14-24-20(23-22-19)17-10-12-18(13-11-17)21(2,3)4/h5-8,10-13H,9,14H2,1-4H3. The Morgan fingerprint density at radius 2 is 1.79 bits per heavy atom. The van der Waals surface area contributed by atoms with E-state index in [9.17, 15) is 0 Å². The van der Waals surface area contributed by atoms with Crippen molar-refractivity contribution in [2.24, 2.45) is 10.2 Å². The number of ether oxygens (including phenoxy) is 1. The summed E-state index contributed by atoms with van der Waals surface area (Å²) in [4.78, 5) is 0. The zero-order chi connectivity index (χ0) is 17.2. The predicted molar refractivity (Wildman–Crippen MR) is 101 cm³/mol. The van der Waals surface area contributed by atoms with E-state index in [0.29, 0.717) is 12.5 Å². The monoisotopic (exact) mass is 320 g/mol. The van der Waals surface area contributed by atoms with Gasteiger partial charge in [0.15, 0.2) is 0 Å². The van der Waals surface area contributed by atoms with Crippen LogP contribution < -0.4 is 0 Å². The van der Waals surface area contributed by atoms with E-state index in [4.69, 9.17) is 4.74 Å². The molecule has 1 aliphatic heterocycles. The van der Waals surface area contributed by atoms with Crippen LogP contribution in [-0.4, -0.2) is 18.2 Å². The Kier molecular flexibility index (Phi) is 4.52. The fourth-order valence-electron chi connectivity index (χ4n) is 2.65. The molecule has 0 fully saturated rings. The zero-order valence-electron chi connectivity index (χ0n) is 14.8. The summed E-state index contributed by atoms with van der Waals surface area (Å²) in [5, 5.41) is 8.69. The molecule has 0 radical (unpaired) electrons. The number of hydrogen-bond donors (Lipinski definition) is 0. The number of nitrogens with zero attached hydrogens (tertiary/aromatic N) is 2. The van der Waals surface area contributed by atoms with Gasteiger partial charge in [-0.3, -0.25) is 0 Å². The predicted octanol–water partition coefficient (Wildman–Crippen LogP) is 4.95. The van der Waals surface area contributed by atoms with E-state index in [2.05, 4.69) is 86.5 Å². The maximum absolute atomic E-state index is 5.86. The SMILES string of the molecule is CC1=CCC(C2=NN=C(c3ccc(C(C)(C)C)cc3)OC2)=CC=C1. The first kappa shape index (κ1) is 16.4. The lowest BCUT2D eigenvalue weighted by molar-refractivity contribution is 0.357. The van der Waals surface area contributed by atoms with Crippen LogP contribution in [0.25, 0.3) is 0 Å². The van der Waals surface area contributed by atoms with Gasteiger partial charge in [-0.15, -0.1) is 10.2 Å². The normalized spacial score (nSPS) is 18.0. The van der Waals surface area contributed by atoms with Gasteiger partial charge >= 0.3 is 0 Å². The molecular weight excluding hydrogens is 296 g/mol. The summed E-state index contributed by atoms with van der Waals surface area (Å²) in [6.07, 6.45) is 9.31. The molecule has 0 atom stereocenters. The largest absolute Gasteiger partial charge is 0.470 e. The van der Waals surface area contributed by atoms with Crippen molar-refractivity contribution in [3.05, 3.63) is 70.8 Å². The van der Waals surface area contributed by atoms with Crippen molar-refractivity contribution in [3.63, 3.8) is 0 Å². The molecule has 1 heterocycles. The highest BCUT2D eigenvalue weighted by molar-refractivity contribution is 6.06. The van der Waals surface area contributed by atoms with Gasteiger partial charge in [0.2, 0.25) is 5.90 Å². The molecule has 0 saturated carbocycles. The Labute approximate surface area is 144 Å². The minimum Gasteiger partial charge on any atom is -0.470 e. The fourth-order valence-corrected chi connectivity index (χ4v) is 2.65. The van der Waals surface area contributed by atoms with Gasteiger partial charge in [-0.2, -0.15) is 0 Å². The Bertz CT molecular complexity index is 766. The highest BCUT2D eigenvalue weighted by Gasteiger charge is 2.17. The summed E-state index contributed by atoms with van der Waals surface area (Å²) in [7, 11) is 0. The van der Waals surface area contributed by atoms with Crippen LogP contribution in [0.15, 0.2) is 69.9 Å². The molecule has 0 bridgehead atoms. The molecule has 0 aromatic heterocycles. The van der Waals surface area contributed by atoms with Gasteiger partial charge in [0.1, 0.15) is 12.3 Å². The van der Waals surface area contributed by atoms with Gasteiger partial charge in [-0.25, -0.2) is 0 Å². The van der Waals surface area contributed by atoms with Gasteiger partial charge in [0.25, 0.3) is 0 Å². The highest BCUT2D eigenvalue weighted by Crippen LogP contribution is 2.23. The van der Waals surface area contributed by atoms with Crippen LogP contribution in [0.5, 0.6) is 0 Å². The van der Waals surface area contributed by atoms with Crippen LogP contribution in [0.1, 0.15) is 45.2 Å². The van der Waals surface area contributed by atoms with Gasteiger partial charge in [0.05, 0.1) is 0 Å². The molecule has 1 aliphatic carbocycles. The molecule has 3 nitrogen and oxygen atoms in total. The molecule has 1 aromatic rings. The Morgan fingerprint density at radius 3 is 2.42 bits per heavy atom. The molecule has 124 valence electrons. The van der Waals surface area contributed by atoms with Crippen LogP contribution in [0.4, 0.5) is 0 Å². The minimum atomic E-state index is 0.143. The maximum Gasteiger partial charge on any atom is 0.241 e. The summed E-state index contributed by atoms with van der Waals surface area (Å²) in [6.45, 7) is 9.19. The summed E-state index contributed by atoms with van der Waals surface area (Å²) in [6, 6.07) is 8.37. The third-order valence-electron chi connectivity index (χ3n) is 4.28. The molecule has 1 aromatic carbocycles. The van der Waals surface area contributed by atoms with Crippen molar-refractivity contribution in [3.8, 4) is 0 Å². The second kappa shape index (κ2) is 6.60. The molecule has 24 heavy (non-hydrogen) atoms. The Balaban J connectivity index is 1.78. The average Bonchev–Trinajstić information content (AvgIpc) is 2.79. The van der Waals surface area contributed by atoms with Crippen molar-refractivity contribution in [1.29, 1.82) is 0 Å². The summed E-state index contributed by atoms with van der Waals surface area (Å²) in [5.74, 6) is 0.593. The van der Waals surface area contributed by atoms with Crippen molar-refractivity contribution >= 4 is 11.6 Å². The lowest BCUT2D eigenvalue weighted by Gasteiger charge is -2.20. The van der Waals surface area contributed by atoms with Gasteiger partial charge in [0, 0.05) is 5.56 Å². The van der Waals surface area contributed by atoms with Gasteiger partial charge in [-0.1, -0.05) is 62.8 Å². The molecule has 3 rings (SSSR count). The second-order valence-corrected chi connectivity index (χ2v) is 7.27. The zero-order valence-corrected chi connectivity index (χ0v) is 14.8. The lowest BCUT2D eigenvalue weighted by Crippen LogP contribution is -2.20. The average molecular weight is 320 g/mol. The van der Waals surface area contributed by atoms with Crippen LogP contribution >= 0.6 is 0 Å². The van der Waals surface area contributed by atoms with Crippen LogP contribution in [0, 0.1) is 0 Å². The summed E-state index contributed by atoms with van der Waals surface area (Å²) < 4.78 is 5.86. The summed E-state index contributed by atoms with van der Waals surface area (Å²) in [5.41, 5.74) is 5.74. The van der Waals surface area contributed by atoms with Crippen molar-refractivity contribution in [2.45, 2.75) is 39.5 Å². The van der Waals surface area contributed by atoms with Crippen LogP contribution in [0.3, 0.4) is 0 Å². The summed E-state index contributed by atoms with van der Waals surface area (Å²) >= 11 is 0. The Hall–Kier alpha value is -2.42. The molecule has 3 heteroatoms. The van der Waals surface area contributed by atoms with Gasteiger partial charge in [-0.05, 0) is 42.0 Å². The molecule has 2 aliphatic rings. The van der Waals surface area contributed by atoms with Crippen LogP contribution in [0.2, 0.25) is 0 Å². The van der Waals surface area contributed by atoms with E-state index < -0.39 is 0 Å². The smallest absolute Gasteiger partial charge is 0.241 e. The van der Waals surface area contributed by atoms with Gasteiger partial charge < -0.3 is 4.74 Å².